The van der Waals surface area contributed by atoms with Crippen molar-refractivity contribution < 1.29 is 30.0 Å². The first-order valence-electron chi connectivity index (χ1n) is 10.1. The number of nitrogens with two attached hydrogens (primary N) is 1. The summed E-state index contributed by atoms with van der Waals surface area (Å²) in [6.07, 6.45) is 0.971. The molecule has 0 aliphatic rings. The highest BCUT2D eigenvalue weighted by molar-refractivity contribution is 7.93. The fourth-order valence-corrected chi connectivity index (χ4v) is 4.84. The molecule has 0 unspecified atom stereocenters. The van der Waals surface area contributed by atoms with Gasteiger partial charge in [-0.05, 0) is 47.9 Å². The number of halogens is 3. The minimum Gasteiger partial charge on any atom is -0.342 e. The van der Waals surface area contributed by atoms with Gasteiger partial charge in [0, 0.05) is 17.7 Å². The number of fused-ring (bicyclic) bond motifs is 1. The van der Waals surface area contributed by atoms with Crippen molar-refractivity contribution >= 4 is 36.8 Å². The number of aryl methyl sites for hydroxylation is 2. The molecule has 4 N–H and O–H groups in total. The Kier molecular flexibility index (Phi) is 6.34. The Morgan fingerprint density at radius 2 is 1.60 bits per heavy atom. The molecular formula is C22H19F3N4O4S2. The fraction of sp³-hybridized carbons (Fsp3) is 0.136. The van der Waals surface area contributed by atoms with Gasteiger partial charge in [-0.15, -0.1) is 0 Å². The number of anilines is 1. The van der Waals surface area contributed by atoms with Crippen LogP contribution in [-0.4, -0.2) is 32.3 Å². The summed E-state index contributed by atoms with van der Waals surface area (Å²) in [4.78, 5) is 7.73. The van der Waals surface area contributed by atoms with Gasteiger partial charge in [0.15, 0.2) is 0 Å². The van der Waals surface area contributed by atoms with Crippen LogP contribution in [0.25, 0.3) is 22.2 Å². The van der Waals surface area contributed by atoms with Crippen LogP contribution in [0.2, 0.25) is 0 Å². The van der Waals surface area contributed by atoms with E-state index in [0.29, 0.717) is 35.3 Å². The molecule has 0 fully saturated rings. The van der Waals surface area contributed by atoms with Crippen molar-refractivity contribution in [2.24, 2.45) is 5.14 Å². The number of nitrogens with zero attached hydrogens (tertiary/aromatic N) is 1. The molecule has 0 saturated carbocycles. The molecule has 13 heteroatoms. The lowest BCUT2D eigenvalue weighted by atomic mass is 10.1. The Morgan fingerprint density at radius 3 is 2.26 bits per heavy atom. The van der Waals surface area contributed by atoms with E-state index in [4.69, 9.17) is 5.14 Å². The molecule has 0 aliphatic heterocycles. The van der Waals surface area contributed by atoms with Crippen LogP contribution in [0.4, 0.5) is 18.9 Å². The Balaban J connectivity index is 1.49. The number of rotatable bonds is 7. The predicted octanol–water partition coefficient (Wildman–Crippen LogP) is 3.92. The Morgan fingerprint density at radius 1 is 0.914 bits per heavy atom. The van der Waals surface area contributed by atoms with Gasteiger partial charge in [-0.2, -0.15) is 21.6 Å². The highest BCUT2D eigenvalue weighted by Gasteiger charge is 2.46. The molecule has 0 aliphatic carbocycles. The molecule has 8 nitrogen and oxygen atoms in total. The summed E-state index contributed by atoms with van der Waals surface area (Å²) in [6, 6.07) is 17.3. The maximum absolute atomic E-state index is 12.5. The maximum atomic E-state index is 12.5. The van der Waals surface area contributed by atoms with Crippen LogP contribution in [0.15, 0.2) is 71.6 Å². The zero-order chi connectivity index (χ0) is 25.4. The second-order valence-electron chi connectivity index (χ2n) is 7.70. The Bertz CT molecular complexity index is 1600. The summed E-state index contributed by atoms with van der Waals surface area (Å²) < 4.78 is 85.2. The van der Waals surface area contributed by atoms with Crippen molar-refractivity contribution in [3.63, 3.8) is 0 Å². The van der Waals surface area contributed by atoms with Gasteiger partial charge in [0.05, 0.1) is 15.9 Å². The van der Waals surface area contributed by atoms with Gasteiger partial charge in [-0.1, -0.05) is 36.4 Å². The average Bonchev–Trinajstić information content (AvgIpc) is 3.19. The number of alkyl halides is 3. The maximum Gasteiger partial charge on any atom is 0.516 e. The lowest BCUT2D eigenvalue weighted by Gasteiger charge is -2.10. The van der Waals surface area contributed by atoms with Crippen molar-refractivity contribution in [2.75, 3.05) is 4.72 Å². The van der Waals surface area contributed by atoms with Crippen LogP contribution in [0.5, 0.6) is 0 Å². The van der Waals surface area contributed by atoms with Gasteiger partial charge in [0.25, 0.3) is 0 Å². The number of aromatic nitrogens is 2. The summed E-state index contributed by atoms with van der Waals surface area (Å²) in [5.41, 5.74) is -2.36. The molecular weight excluding hydrogens is 505 g/mol. The van der Waals surface area contributed by atoms with Gasteiger partial charge < -0.3 is 4.98 Å². The topological polar surface area (TPSA) is 135 Å². The third kappa shape index (κ3) is 5.47. The summed E-state index contributed by atoms with van der Waals surface area (Å²) in [5, 5.41) is 5.33. The number of aromatic amines is 1. The van der Waals surface area contributed by atoms with E-state index >= 15 is 0 Å². The lowest BCUT2D eigenvalue weighted by molar-refractivity contribution is -0.0429. The molecule has 35 heavy (non-hydrogen) atoms. The molecule has 0 radical (unpaired) electrons. The molecule has 1 heterocycles. The smallest absolute Gasteiger partial charge is 0.342 e. The number of hydrogen-bond acceptors (Lipinski definition) is 5. The van der Waals surface area contributed by atoms with E-state index in [-0.39, 0.29) is 10.6 Å². The van der Waals surface area contributed by atoms with Gasteiger partial charge >= 0.3 is 15.5 Å². The molecule has 0 saturated heterocycles. The van der Waals surface area contributed by atoms with Crippen LogP contribution in [0.3, 0.4) is 0 Å². The molecule has 3 aromatic carbocycles. The van der Waals surface area contributed by atoms with Crippen molar-refractivity contribution in [3.05, 3.63) is 78.1 Å². The van der Waals surface area contributed by atoms with E-state index in [1.165, 1.54) is 35.1 Å². The number of sulfonamides is 2. The van der Waals surface area contributed by atoms with E-state index in [0.717, 1.165) is 11.1 Å². The van der Waals surface area contributed by atoms with Crippen molar-refractivity contribution in [3.8, 4) is 11.1 Å². The molecule has 0 bridgehead atoms. The number of primary sulfonamides is 1. The predicted molar refractivity (Wildman–Crippen MR) is 125 cm³/mol. The number of benzene rings is 3. The normalized spacial score (nSPS) is 12.7. The molecule has 4 aromatic rings. The van der Waals surface area contributed by atoms with Gasteiger partial charge in [0.2, 0.25) is 10.0 Å². The molecule has 4 rings (SSSR count). The number of nitrogens with one attached hydrogen (secondary N) is 2. The van der Waals surface area contributed by atoms with Gasteiger partial charge in [0.1, 0.15) is 5.82 Å². The van der Waals surface area contributed by atoms with Gasteiger partial charge in [-0.25, -0.2) is 18.5 Å². The first-order chi connectivity index (χ1) is 16.3. The molecule has 1 aromatic heterocycles. The summed E-state index contributed by atoms with van der Waals surface area (Å²) in [6.45, 7) is 0. The van der Waals surface area contributed by atoms with Crippen molar-refractivity contribution in [1.82, 2.24) is 9.97 Å². The Labute approximate surface area is 199 Å². The first-order valence-corrected chi connectivity index (χ1v) is 13.2. The third-order valence-corrected chi connectivity index (χ3v) is 7.28. The van der Waals surface area contributed by atoms with E-state index in [1.807, 2.05) is 0 Å². The zero-order valence-corrected chi connectivity index (χ0v) is 19.5. The molecule has 0 spiro atoms. The highest BCUT2D eigenvalue weighted by Crippen LogP contribution is 2.29. The van der Waals surface area contributed by atoms with Crippen LogP contribution in [0.1, 0.15) is 11.4 Å². The van der Waals surface area contributed by atoms with Gasteiger partial charge in [-0.3, -0.25) is 4.72 Å². The molecule has 184 valence electrons. The average molecular weight is 525 g/mol. The Hall–Kier alpha value is -3.42. The highest BCUT2D eigenvalue weighted by atomic mass is 32.2. The van der Waals surface area contributed by atoms with E-state index < -0.39 is 25.6 Å². The quantitative estimate of drug-likeness (QED) is 0.337. The third-order valence-electron chi connectivity index (χ3n) is 5.20. The SMILES string of the molecule is NS(=O)(=O)c1ccccc1-c1ccc2[nH]c(CCc3ccc(NS(=O)(=O)C(F)(F)F)cc3)nc2c1. The summed E-state index contributed by atoms with van der Waals surface area (Å²) >= 11 is 0. The van der Waals surface area contributed by atoms with Crippen LogP contribution >= 0.6 is 0 Å². The first kappa shape index (κ1) is 24.7. The number of hydrogen-bond donors (Lipinski definition) is 3. The van der Waals surface area contributed by atoms with Crippen molar-refractivity contribution in [1.29, 1.82) is 0 Å². The monoisotopic (exact) mass is 524 g/mol. The molecule has 0 atom stereocenters. The summed E-state index contributed by atoms with van der Waals surface area (Å²) in [5.74, 6) is 0.652. The fourth-order valence-electron chi connectivity index (χ4n) is 3.51. The number of H-pyrrole nitrogens is 1. The van der Waals surface area contributed by atoms with Crippen LogP contribution < -0.4 is 9.86 Å². The summed E-state index contributed by atoms with van der Waals surface area (Å²) in [7, 11) is -9.39. The minimum absolute atomic E-state index is 0.0103. The number of imidazole rings is 1. The lowest BCUT2D eigenvalue weighted by Crippen LogP contribution is -2.29. The van der Waals surface area contributed by atoms with Crippen LogP contribution in [-0.2, 0) is 32.9 Å². The van der Waals surface area contributed by atoms with Crippen LogP contribution in [0, 0.1) is 0 Å². The largest absolute Gasteiger partial charge is 0.516 e. The minimum atomic E-state index is -5.47. The standard InChI is InChI=1S/C22H19F3N4O4S2/c23-22(24,25)35(32,33)29-16-9-5-14(6-10-16)7-12-21-27-18-11-8-15(13-19(18)28-21)17-3-1-2-4-20(17)34(26,30)31/h1-6,8-11,13,29H,7,12H2,(H,27,28)(H2,26,30,31). The second-order valence-corrected chi connectivity index (χ2v) is 10.9. The van der Waals surface area contributed by atoms with E-state index in [2.05, 4.69) is 9.97 Å². The zero-order valence-electron chi connectivity index (χ0n) is 17.9. The van der Waals surface area contributed by atoms with Crippen molar-refractivity contribution in [2.45, 2.75) is 23.2 Å². The second kappa shape index (κ2) is 8.98. The van der Waals surface area contributed by atoms with E-state index in [9.17, 15) is 30.0 Å². The molecule has 0 amide bonds. The van der Waals surface area contributed by atoms with E-state index in [1.54, 1.807) is 36.4 Å².